The van der Waals surface area contributed by atoms with Gasteiger partial charge in [-0.2, -0.15) is 9.49 Å². The fourth-order valence-electron chi connectivity index (χ4n) is 1.58. The summed E-state index contributed by atoms with van der Waals surface area (Å²) in [5.41, 5.74) is 1.58. The number of aromatic nitrogens is 2. The molecule has 2 aromatic rings. The zero-order valence-electron chi connectivity index (χ0n) is 9.88. The summed E-state index contributed by atoms with van der Waals surface area (Å²) in [6.45, 7) is 1.95. The number of rotatable bonds is 3. The molecule has 96 valence electrons. The van der Waals surface area contributed by atoms with Crippen LogP contribution >= 0.6 is 15.9 Å². The van der Waals surface area contributed by atoms with Gasteiger partial charge in [0, 0.05) is 7.05 Å². The maximum atomic E-state index is 13.4. The van der Waals surface area contributed by atoms with E-state index in [1.54, 1.807) is 11.7 Å². The first kappa shape index (κ1) is 13.0. The van der Waals surface area contributed by atoms with Gasteiger partial charge in [0.15, 0.2) is 11.6 Å². The second kappa shape index (κ2) is 5.06. The molecule has 1 aromatic heterocycles. The summed E-state index contributed by atoms with van der Waals surface area (Å²) in [6, 6.07) is 3.83. The highest BCUT2D eigenvalue weighted by Crippen LogP contribution is 2.24. The number of benzene rings is 1. The Morgan fingerprint density at radius 2 is 2.11 bits per heavy atom. The van der Waals surface area contributed by atoms with E-state index in [0.717, 1.165) is 21.9 Å². The minimum Gasteiger partial charge on any atom is -0.484 e. The van der Waals surface area contributed by atoms with Crippen LogP contribution in [0.4, 0.5) is 8.78 Å². The molecule has 1 heterocycles. The first-order chi connectivity index (χ1) is 8.50. The third kappa shape index (κ3) is 2.38. The Morgan fingerprint density at radius 1 is 1.39 bits per heavy atom. The van der Waals surface area contributed by atoms with Crippen molar-refractivity contribution in [2.75, 3.05) is 0 Å². The van der Waals surface area contributed by atoms with Crippen molar-refractivity contribution < 1.29 is 13.5 Å². The number of hydrogen-bond acceptors (Lipinski definition) is 2. The molecule has 0 atom stereocenters. The number of nitrogens with zero attached hydrogens (tertiary/aromatic N) is 2. The van der Waals surface area contributed by atoms with Gasteiger partial charge in [0.05, 0.1) is 15.9 Å². The third-order valence-corrected chi connectivity index (χ3v) is 3.57. The van der Waals surface area contributed by atoms with Crippen molar-refractivity contribution in [3.8, 4) is 5.75 Å². The van der Waals surface area contributed by atoms with Gasteiger partial charge in [0.2, 0.25) is 5.82 Å². The van der Waals surface area contributed by atoms with E-state index in [-0.39, 0.29) is 12.4 Å². The number of halogens is 3. The van der Waals surface area contributed by atoms with E-state index in [9.17, 15) is 8.78 Å². The van der Waals surface area contributed by atoms with Crippen LogP contribution in [0.5, 0.6) is 5.75 Å². The first-order valence-corrected chi connectivity index (χ1v) is 6.04. The van der Waals surface area contributed by atoms with Crippen LogP contribution in [-0.4, -0.2) is 9.78 Å². The zero-order chi connectivity index (χ0) is 13.3. The summed E-state index contributed by atoms with van der Waals surface area (Å²) in [4.78, 5) is 0. The Kier molecular flexibility index (Phi) is 3.65. The number of aryl methyl sites for hydroxylation is 2. The van der Waals surface area contributed by atoms with Gasteiger partial charge in [0.1, 0.15) is 6.61 Å². The summed E-state index contributed by atoms with van der Waals surface area (Å²) in [6.07, 6.45) is 0. The lowest BCUT2D eigenvalue weighted by atomic mass is 10.3. The molecule has 0 aliphatic rings. The molecule has 0 aliphatic carbocycles. The monoisotopic (exact) mass is 316 g/mol. The van der Waals surface area contributed by atoms with Crippen LogP contribution in [0.1, 0.15) is 11.4 Å². The molecule has 18 heavy (non-hydrogen) atoms. The highest BCUT2D eigenvalue weighted by Gasteiger charge is 2.13. The van der Waals surface area contributed by atoms with E-state index in [0.29, 0.717) is 0 Å². The molecule has 0 saturated heterocycles. The summed E-state index contributed by atoms with van der Waals surface area (Å²) >= 11 is 3.38. The molecule has 2 rings (SSSR count). The summed E-state index contributed by atoms with van der Waals surface area (Å²) in [7, 11) is 1.76. The van der Waals surface area contributed by atoms with Crippen molar-refractivity contribution in [1.82, 2.24) is 9.78 Å². The molecule has 0 aliphatic heterocycles. The lowest BCUT2D eigenvalue weighted by Gasteiger charge is -2.08. The lowest BCUT2D eigenvalue weighted by molar-refractivity contribution is 0.274. The van der Waals surface area contributed by atoms with E-state index in [2.05, 4.69) is 21.0 Å². The van der Waals surface area contributed by atoms with Gasteiger partial charge in [-0.3, -0.25) is 4.68 Å². The third-order valence-electron chi connectivity index (χ3n) is 2.54. The summed E-state index contributed by atoms with van der Waals surface area (Å²) in [5.74, 6) is -2.01. The van der Waals surface area contributed by atoms with E-state index in [4.69, 9.17) is 4.74 Å². The molecular formula is C12H11BrF2N2O. The van der Waals surface area contributed by atoms with E-state index >= 15 is 0 Å². The van der Waals surface area contributed by atoms with Crippen LogP contribution in [0.2, 0.25) is 0 Å². The van der Waals surface area contributed by atoms with E-state index < -0.39 is 11.6 Å². The van der Waals surface area contributed by atoms with Crippen LogP contribution in [0.15, 0.2) is 22.7 Å². The van der Waals surface area contributed by atoms with Gasteiger partial charge < -0.3 is 4.74 Å². The molecule has 0 fully saturated rings. The molecule has 0 bridgehead atoms. The highest BCUT2D eigenvalue weighted by molar-refractivity contribution is 9.10. The van der Waals surface area contributed by atoms with Crippen molar-refractivity contribution in [3.63, 3.8) is 0 Å². The average Bonchev–Trinajstić information content (AvgIpc) is 2.56. The molecule has 3 nitrogen and oxygen atoms in total. The average molecular weight is 317 g/mol. The van der Waals surface area contributed by atoms with Crippen LogP contribution < -0.4 is 4.74 Å². The predicted molar refractivity (Wildman–Crippen MR) is 66.3 cm³/mol. The van der Waals surface area contributed by atoms with Crippen molar-refractivity contribution in [1.29, 1.82) is 0 Å². The molecule has 6 heteroatoms. The fraction of sp³-hybridized carbons (Fsp3) is 0.250. The van der Waals surface area contributed by atoms with Crippen LogP contribution in [-0.2, 0) is 13.7 Å². The second-order valence-electron chi connectivity index (χ2n) is 3.81. The van der Waals surface area contributed by atoms with Crippen LogP contribution in [0, 0.1) is 18.6 Å². The smallest absolute Gasteiger partial charge is 0.200 e. The maximum Gasteiger partial charge on any atom is 0.200 e. The Labute approximate surface area is 112 Å². The van der Waals surface area contributed by atoms with Gasteiger partial charge in [-0.25, -0.2) is 4.39 Å². The van der Waals surface area contributed by atoms with Crippen LogP contribution in [0.3, 0.4) is 0 Å². The molecule has 0 saturated carbocycles. The van der Waals surface area contributed by atoms with Crippen molar-refractivity contribution in [3.05, 3.63) is 45.7 Å². The first-order valence-electron chi connectivity index (χ1n) is 5.25. The predicted octanol–water partition coefficient (Wildman–Crippen LogP) is 3.35. The Bertz CT molecular complexity index is 584. The van der Waals surface area contributed by atoms with Crippen molar-refractivity contribution in [2.24, 2.45) is 7.05 Å². The van der Waals surface area contributed by atoms with E-state index in [1.165, 1.54) is 12.1 Å². The van der Waals surface area contributed by atoms with Gasteiger partial charge >= 0.3 is 0 Å². The zero-order valence-corrected chi connectivity index (χ0v) is 11.5. The molecule has 0 radical (unpaired) electrons. The quantitative estimate of drug-likeness (QED) is 0.868. The standard InChI is InChI=1S/C12H11BrF2N2O/c1-7-11(13)9(17(2)16-7)6-18-10-5-3-4-8(14)12(10)15/h3-5H,6H2,1-2H3. The SMILES string of the molecule is Cc1nn(C)c(COc2cccc(F)c2F)c1Br. The largest absolute Gasteiger partial charge is 0.484 e. The Balaban J connectivity index is 2.19. The van der Waals surface area contributed by atoms with Crippen molar-refractivity contribution in [2.45, 2.75) is 13.5 Å². The fourth-order valence-corrected chi connectivity index (χ4v) is 2.03. The molecule has 0 N–H and O–H groups in total. The second-order valence-corrected chi connectivity index (χ2v) is 4.60. The van der Waals surface area contributed by atoms with E-state index in [1.807, 2.05) is 6.92 Å². The van der Waals surface area contributed by atoms with Gasteiger partial charge in [-0.1, -0.05) is 6.07 Å². The molecule has 0 spiro atoms. The highest BCUT2D eigenvalue weighted by atomic mass is 79.9. The Morgan fingerprint density at radius 3 is 2.72 bits per heavy atom. The van der Waals surface area contributed by atoms with Gasteiger partial charge in [0.25, 0.3) is 0 Å². The molecule has 0 unspecified atom stereocenters. The molecule has 0 amide bonds. The number of ether oxygens (including phenoxy) is 1. The minimum atomic E-state index is -0.979. The van der Waals surface area contributed by atoms with Crippen LogP contribution in [0.25, 0.3) is 0 Å². The summed E-state index contributed by atoms with van der Waals surface area (Å²) in [5, 5.41) is 4.18. The number of hydrogen-bond donors (Lipinski definition) is 0. The lowest BCUT2D eigenvalue weighted by Crippen LogP contribution is -2.05. The Hall–Kier alpha value is -1.43. The van der Waals surface area contributed by atoms with Gasteiger partial charge in [-0.05, 0) is 35.0 Å². The molecular weight excluding hydrogens is 306 g/mol. The van der Waals surface area contributed by atoms with Crippen molar-refractivity contribution >= 4 is 15.9 Å². The topological polar surface area (TPSA) is 27.1 Å². The van der Waals surface area contributed by atoms with Gasteiger partial charge in [-0.15, -0.1) is 0 Å². The molecule has 1 aromatic carbocycles. The normalized spacial score (nSPS) is 10.7. The summed E-state index contributed by atoms with van der Waals surface area (Å²) < 4.78 is 34.1. The minimum absolute atomic E-state index is 0.109. The maximum absolute atomic E-state index is 13.4.